The zero-order valence-corrected chi connectivity index (χ0v) is 18.4. The summed E-state index contributed by atoms with van der Waals surface area (Å²) in [5.41, 5.74) is 1.97. The summed E-state index contributed by atoms with van der Waals surface area (Å²) in [6.07, 6.45) is 0. The van der Waals surface area contributed by atoms with E-state index in [0.717, 1.165) is 17.8 Å². The maximum Gasteiger partial charge on any atom is 0.302 e. The van der Waals surface area contributed by atoms with E-state index in [0.29, 0.717) is 45.9 Å². The van der Waals surface area contributed by atoms with Crippen molar-refractivity contribution in [1.29, 1.82) is 0 Å². The van der Waals surface area contributed by atoms with Gasteiger partial charge in [0.25, 0.3) is 0 Å². The van der Waals surface area contributed by atoms with Crippen LogP contribution in [0.1, 0.15) is 0 Å². The maximum atomic E-state index is 13.0. The average Bonchev–Trinajstić information content (AvgIpc) is 3.30. The summed E-state index contributed by atoms with van der Waals surface area (Å²) in [7, 11) is -1.53. The first-order valence-corrected chi connectivity index (χ1v) is 11.9. The number of thiazole rings is 1. The highest BCUT2D eigenvalue weighted by atomic mass is 35.5. The summed E-state index contributed by atoms with van der Waals surface area (Å²) in [4.78, 5) is 11.3. The summed E-state index contributed by atoms with van der Waals surface area (Å²) in [5.74, 6) is 0. The number of aromatic nitrogens is 2. The fourth-order valence-corrected chi connectivity index (χ4v) is 5.93. The molecule has 0 spiro atoms. The van der Waals surface area contributed by atoms with E-state index in [-0.39, 0.29) is 4.90 Å². The SMILES string of the molecule is CN1CCN(S(=O)(=O)c2ccc3nc(Nc4nc5cc(Cl)ccc5o4)sc3c2)CC1. The Bertz CT molecular complexity index is 1340. The van der Waals surface area contributed by atoms with Crippen LogP contribution < -0.4 is 5.32 Å². The number of fused-ring (bicyclic) bond motifs is 2. The largest absolute Gasteiger partial charge is 0.423 e. The Morgan fingerprint density at radius 2 is 1.87 bits per heavy atom. The first-order valence-electron chi connectivity index (χ1n) is 9.31. The van der Waals surface area contributed by atoms with Gasteiger partial charge in [-0.15, -0.1) is 0 Å². The van der Waals surface area contributed by atoms with Gasteiger partial charge < -0.3 is 9.32 Å². The summed E-state index contributed by atoms with van der Waals surface area (Å²) in [5, 5.41) is 4.20. The molecule has 0 atom stereocenters. The Hall–Kier alpha value is -2.24. The van der Waals surface area contributed by atoms with Crippen molar-refractivity contribution < 1.29 is 12.8 Å². The number of likely N-dealkylation sites (N-methyl/N-ethyl adjacent to an activating group) is 1. The molecule has 1 aliphatic rings. The number of halogens is 1. The Balaban J connectivity index is 1.42. The van der Waals surface area contributed by atoms with Crippen LogP contribution in [0.15, 0.2) is 45.7 Å². The fourth-order valence-electron chi connectivity index (χ4n) is 3.34. The molecule has 1 aliphatic heterocycles. The molecule has 30 heavy (non-hydrogen) atoms. The van der Waals surface area contributed by atoms with E-state index in [1.165, 1.54) is 15.6 Å². The highest BCUT2D eigenvalue weighted by Gasteiger charge is 2.27. The van der Waals surface area contributed by atoms with Gasteiger partial charge in [-0.1, -0.05) is 22.9 Å². The van der Waals surface area contributed by atoms with E-state index < -0.39 is 10.0 Å². The molecule has 2 aromatic carbocycles. The number of piperazine rings is 1. The first kappa shape index (κ1) is 19.7. The van der Waals surface area contributed by atoms with Crippen molar-refractivity contribution >= 4 is 65.4 Å². The van der Waals surface area contributed by atoms with Crippen LogP contribution in [0, 0.1) is 0 Å². The average molecular weight is 464 g/mol. The second-order valence-electron chi connectivity index (χ2n) is 7.11. The lowest BCUT2D eigenvalue weighted by molar-refractivity contribution is 0.222. The minimum absolute atomic E-state index is 0.284. The van der Waals surface area contributed by atoms with Crippen LogP contribution in [0.4, 0.5) is 11.1 Å². The molecule has 8 nitrogen and oxygen atoms in total. The first-order chi connectivity index (χ1) is 14.4. The number of oxazole rings is 1. The van der Waals surface area contributed by atoms with Gasteiger partial charge in [-0.25, -0.2) is 13.4 Å². The molecule has 0 saturated carbocycles. The standard InChI is InChI=1S/C19H18ClN5O3S2/c1-24-6-8-25(9-7-24)30(26,27)13-3-4-14-17(11-13)29-19(22-14)23-18-21-15-10-12(20)2-5-16(15)28-18/h2-5,10-11H,6-9H2,1H3,(H,21,22,23). The minimum atomic E-state index is -3.53. The molecule has 3 heterocycles. The number of anilines is 2. The molecule has 1 fully saturated rings. The Labute approximate surface area is 182 Å². The molecular weight excluding hydrogens is 446 g/mol. The predicted octanol–water partition coefficient (Wildman–Crippen LogP) is 3.77. The van der Waals surface area contributed by atoms with Crippen molar-refractivity contribution in [2.45, 2.75) is 4.90 Å². The fraction of sp³-hybridized carbons (Fsp3) is 0.263. The Morgan fingerprint density at radius 1 is 1.07 bits per heavy atom. The molecule has 1 N–H and O–H groups in total. The highest BCUT2D eigenvalue weighted by molar-refractivity contribution is 7.89. The van der Waals surface area contributed by atoms with Gasteiger partial charge in [-0.3, -0.25) is 5.32 Å². The van der Waals surface area contributed by atoms with Gasteiger partial charge in [-0.05, 0) is 43.4 Å². The third kappa shape index (κ3) is 3.65. The number of hydrogen-bond donors (Lipinski definition) is 1. The number of benzene rings is 2. The zero-order valence-electron chi connectivity index (χ0n) is 16.0. The van der Waals surface area contributed by atoms with Gasteiger partial charge >= 0.3 is 6.01 Å². The van der Waals surface area contributed by atoms with E-state index in [4.69, 9.17) is 16.0 Å². The second-order valence-corrected chi connectivity index (χ2v) is 10.5. The van der Waals surface area contributed by atoms with Gasteiger partial charge in [0.15, 0.2) is 10.7 Å². The van der Waals surface area contributed by atoms with Gasteiger partial charge in [0.1, 0.15) is 5.52 Å². The molecule has 0 amide bonds. The van der Waals surface area contributed by atoms with Crippen molar-refractivity contribution in [3.63, 3.8) is 0 Å². The van der Waals surface area contributed by atoms with Crippen molar-refractivity contribution in [3.8, 4) is 0 Å². The quantitative estimate of drug-likeness (QED) is 0.492. The normalized spacial score (nSPS) is 16.5. The van der Waals surface area contributed by atoms with E-state index in [2.05, 4.69) is 20.2 Å². The summed E-state index contributed by atoms with van der Waals surface area (Å²) < 4.78 is 34.0. The molecule has 1 saturated heterocycles. The van der Waals surface area contributed by atoms with Crippen molar-refractivity contribution in [1.82, 2.24) is 19.2 Å². The molecule has 0 radical (unpaired) electrons. The maximum absolute atomic E-state index is 13.0. The smallest absolute Gasteiger partial charge is 0.302 e. The van der Waals surface area contributed by atoms with Crippen LogP contribution in [0.3, 0.4) is 0 Å². The number of sulfonamides is 1. The number of hydrogen-bond acceptors (Lipinski definition) is 8. The molecule has 0 bridgehead atoms. The van der Waals surface area contributed by atoms with Gasteiger partial charge in [0.2, 0.25) is 10.0 Å². The number of nitrogens with one attached hydrogen (secondary N) is 1. The number of nitrogens with zero attached hydrogens (tertiary/aromatic N) is 4. The Morgan fingerprint density at radius 3 is 2.67 bits per heavy atom. The lowest BCUT2D eigenvalue weighted by atomic mass is 10.3. The third-order valence-corrected chi connectivity index (χ3v) is 8.09. The van der Waals surface area contributed by atoms with Crippen LogP contribution in [-0.4, -0.2) is 60.8 Å². The second kappa shape index (κ2) is 7.47. The van der Waals surface area contributed by atoms with E-state index in [1.807, 2.05) is 7.05 Å². The van der Waals surface area contributed by atoms with E-state index in [9.17, 15) is 8.42 Å². The van der Waals surface area contributed by atoms with Crippen LogP contribution in [0.5, 0.6) is 0 Å². The summed E-state index contributed by atoms with van der Waals surface area (Å²) in [6.45, 7) is 2.44. The lowest BCUT2D eigenvalue weighted by Gasteiger charge is -2.31. The highest BCUT2D eigenvalue weighted by Crippen LogP contribution is 2.32. The summed E-state index contributed by atoms with van der Waals surface area (Å²) >= 11 is 7.33. The lowest BCUT2D eigenvalue weighted by Crippen LogP contribution is -2.46. The number of rotatable bonds is 4. The van der Waals surface area contributed by atoms with Gasteiger partial charge in [0.05, 0.1) is 15.1 Å². The van der Waals surface area contributed by atoms with Crippen molar-refractivity contribution in [2.24, 2.45) is 0 Å². The minimum Gasteiger partial charge on any atom is -0.423 e. The zero-order chi connectivity index (χ0) is 20.9. The monoisotopic (exact) mass is 463 g/mol. The Kier molecular flexibility index (Phi) is 4.91. The van der Waals surface area contributed by atoms with Gasteiger partial charge in [-0.2, -0.15) is 9.29 Å². The van der Waals surface area contributed by atoms with E-state index in [1.54, 1.807) is 36.4 Å². The third-order valence-electron chi connectivity index (χ3n) is 5.02. The molecule has 5 rings (SSSR count). The molecule has 0 unspecified atom stereocenters. The molecular formula is C19H18ClN5O3S2. The van der Waals surface area contributed by atoms with E-state index >= 15 is 0 Å². The molecule has 11 heteroatoms. The van der Waals surface area contributed by atoms with Crippen molar-refractivity contribution in [3.05, 3.63) is 41.4 Å². The van der Waals surface area contributed by atoms with Gasteiger partial charge in [0, 0.05) is 31.2 Å². The van der Waals surface area contributed by atoms with Crippen LogP contribution in [0.25, 0.3) is 21.3 Å². The van der Waals surface area contributed by atoms with Crippen LogP contribution in [-0.2, 0) is 10.0 Å². The predicted molar refractivity (Wildman–Crippen MR) is 118 cm³/mol. The summed E-state index contributed by atoms with van der Waals surface area (Å²) in [6, 6.07) is 10.5. The van der Waals surface area contributed by atoms with Crippen molar-refractivity contribution in [2.75, 3.05) is 38.5 Å². The molecule has 156 valence electrons. The van der Waals surface area contributed by atoms with Crippen LogP contribution >= 0.6 is 22.9 Å². The van der Waals surface area contributed by atoms with Crippen LogP contribution in [0.2, 0.25) is 5.02 Å². The molecule has 2 aromatic heterocycles. The molecule has 0 aliphatic carbocycles. The topological polar surface area (TPSA) is 91.6 Å². The molecule has 4 aromatic rings.